The molecule has 4 rings (SSSR count). The van der Waals surface area contributed by atoms with Gasteiger partial charge in [0.2, 0.25) is 0 Å². The van der Waals surface area contributed by atoms with Crippen LogP contribution in [0.15, 0.2) is 60.8 Å². The van der Waals surface area contributed by atoms with Gasteiger partial charge in [0.15, 0.2) is 0 Å². The van der Waals surface area contributed by atoms with Crippen LogP contribution in [-0.4, -0.2) is 37.3 Å². The zero-order valence-electron chi connectivity index (χ0n) is 17.3. The molecule has 0 N–H and O–H groups in total. The number of fused-ring (bicyclic) bond motifs is 1. The molecule has 0 spiro atoms. The summed E-state index contributed by atoms with van der Waals surface area (Å²) in [5, 5.41) is 0. The van der Waals surface area contributed by atoms with E-state index in [1.807, 2.05) is 18.2 Å². The van der Waals surface area contributed by atoms with Gasteiger partial charge in [0.1, 0.15) is 17.2 Å². The molecule has 0 saturated carbocycles. The lowest BCUT2D eigenvalue weighted by molar-refractivity contribution is 0.215. The Morgan fingerprint density at radius 1 is 0.862 bits per heavy atom. The molecule has 2 aromatic carbocycles. The number of benzene rings is 2. The molecule has 1 aliphatic heterocycles. The molecular formula is C24H28N2O3. The Bertz CT molecular complexity index is 966. The molecule has 29 heavy (non-hydrogen) atoms. The van der Waals surface area contributed by atoms with E-state index in [9.17, 15) is 0 Å². The molecule has 1 aromatic heterocycles. The van der Waals surface area contributed by atoms with Crippen molar-refractivity contribution in [3.8, 4) is 17.2 Å². The lowest BCUT2D eigenvalue weighted by Gasteiger charge is -2.32. The highest BCUT2D eigenvalue weighted by molar-refractivity contribution is 5.46. The van der Waals surface area contributed by atoms with E-state index >= 15 is 0 Å². The average Bonchev–Trinajstić information content (AvgIpc) is 3.15. The Hall–Kier alpha value is -2.92. The van der Waals surface area contributed by atoms with Crippen molar-refractivity contribution in [1.29, 1.82) is 0 Å². The van der Waals surface area contributed by atoms with Gasteiger partial charge in [-0.25, -0.2) is 0 Å². The minimum Gasteiger partial charge on any atom is -0.497 e. The number of rotatable bonds is 6. The van der Waals surface area contributed by atoms with Crippen LogP contribution in [-0.2, 0) is 13.1 Å². The van der Waals surface area contributed by atoms with E-state index in [1.54, 1.807) is 21.3 Å². The van der Waals surface area contributed by atoms with Crippen molar-refractivity contribution in [2.24, 2.45) is 0 Å². The molecule has 5 nitrogen and oxygen atoms in total. The molecule has 0 radical (unpaired) electrons. The Morgan fingerprint density at radius 2 is 1.69 bits per heavy atom. The summed E-state index contributed by atoms with van der Waals surface area (Å²) in [5.74, 6) is 2.60. The molecule has 2 heterocycles. The summed E-state index contributed by atoms with van der Waals surface area (Å²) in [6.07, 6.45) is 3.26. The van der Waals surface area contributed by atoms with Gasteiger partial charge in [0.25, 0.3) is 0 Å². The Labute approximate surface area is 172 Å². The van der Waals surface area contributed by atoms with Crippen LogP contribution in [0.25, 0.3) is 0 Å². The molecule has 1 aliphatic rings. The predicted molar refractivity (Wildman–Crippen MR) is 114 cm³/mol. The van der Waals surface area contributed by atoms with E-state index in [4.69, 9.17) is 14.2 Å². The first-order valence-electron chi connectivity index (χ1n) is 9.97. The zero-order valence-corrected chi connectivity index (χ0v) is 17.3. The molecule has 5 heteroatoms. The summed E-state index contributed by atoms with van der Waals surface area (Å²) in [6.45, 7) is 2.83. The molecule has 0 saturated heterocycles. The molecule has 3 aromatic rings. The van der Waals surface area contributed by atoms with Crippen LogP contribution in [0.3, 0.4) is 0 Å². The number of aromatic nitrogens is 1. The number of nitrogens with zero attached hydrogens (tertiary/aromatic N) is 2. The summed E-state index contributed by atoms with van der Waals surface area (Å²) in [5.41, 5.74) is 3.63. The van der Waals surface area contributed by atoms with Crippen LogP contribution >= 0.6 is 0 Å². The van der Waals surface area contributed by atoms with Crippen LogP contribution < -0.4 is 14.2 Å². The first kappa shape index (κ1) is 19.4. The number of hydrogen-bond acceptors (Lipinski definition) is 4. The van der Waals surface area contributed by atoms with Crippen molar-refractivity contribution < 1.29 is 14.2 Å². The van der Waals surface area contributed by atoms with Crippen molar-refractivity contribution >= 4 is 0 Å². The molecule has 152 valence electrons. The van der Waals surface area contributed by atoms with E-state index in [-0.39, 0.29) is 6.04 Å². The van der Waals surface area contributed by atoms with Crippen LogP contribution in [0.2, 0.25) is 0 Å². The number of hydrogen-bond donors (Lipinski definition) is 0. The summed E-state index contributed by atoms with van der Waals surface area (Å²) < 4.78 is 19.1. The highest BCUT2D eigenvalue weighted by Crippen LogP contribution is 2.39. The van der Waals surface area contributed by atoms with Crippen molar-refractivity contribution in [2.45, 2.75) is 25.6 Å². The second-order valence-corrected chi connectivity index (χ2v) is 7.31. The first-order chi connectivity index (χ1) is 14.2. The standard InChI is InChI=1S/C24H28N2O3/c1-27-19-8-4-7-18(15-19)17-26-14-6-13-25-12-5-9-22(25)24(26)21-16-20(28-2)10-11-23(21)29-3/h4-5,7-12,15-16,24H,6,13-14,17H2,1-3H3. The summed E-state index contributed by atoms with van der Waals surface area (Å²) in [7, 11) is 5.14. The van der Waals surface area contributed by atoms with Gasteiger partial charge < -0.3 is 18.8 Å². The van der Waals surface area contributed by atoms with E-state index in [2.05, 4.69) is 52.1 Å². The highest BCUT2D eigenvalue weighted by Gasteiger charge is 2.30. The van der Waals surface area contributed by atoms with Crippen molar-refractivity contribution in [2.75, 3.05) is 27.9 Å². The maximum Gasteiger partial charge on any atom is 0.124 e. The highest BCUT2D eigenvalue weighted by atomic mass is 16.5. The lowest BCUT2D eigenvalue weighted by atomic mass is 9.99. The van der Waals surface area contributed by atoms with E-state index in [0.717, 1.165) is 48.9 Å². The van der Waals surface area contributed by atoms with Gasteiger partial charge in [-0.3, -0.25) is 4.90 Å². The first-order valence-corrected chi connectivity index (χ1v) is 9.97. The number of methoxy groups -OCH3 is 3. The average molecular weight is 392 g/mol. The molecule has 0 fully saturated rings. The van der Waals surface area contributed by atoms with Crippen molar-refractivity contribution in [3.05, 3.63) is 77.6 Å². The molecule has 0 bridgehead atoms. The van der Waals surface area contributed by atoms with Crippen LogP contribution in [0, 0.1) is 0 Å². The minimum atomic E-state index is 0.0729. The minimum absolute atomic E-state index is 0.0729. The molecule has 0 amide bonds. The summed E-state index contributed by atoms with van der Waals surface area (Å²) >= 11 is 0. The van der Waals surface area contributed by atoms with Gasteiger partial charge >= 0.3 is 0 Å². The SMILES string of the molecule is COc1cccc(CN2CCCn3cccc3C2c2cc(OC)ccc2OC)c1. The monoisotopic (exact) mass is 392 g/mol. The third-order valence-electron chi connectivity index (χ3n) is 5.61. The third-order valence-corrected chi connectivity index (χ3v) is 5.61. The molecule has 1 unspecified atom stereocenters. The molecule has 1 atom stereocenters. The quantitative estimate of drug-likeness (QED) is 0.618. The van der Waals surface area contributed by atoms with Crippen molar-refractivity contribution in [1.82, 2.24) is 9.47 Å². The second-order valence-electron chi connectivity index (χ2n) is 7.31. The van der Waals surface area contributed by atoms with Gasteiger partial charge in [0.05, 0.1) is 27.4 Å². The van der Waals surface area contributed by atoms with Crippen LogP contribution in [0.4, 0.5) is 0 Å². The van der Waals surface area contributed by atoms with Crippen molar-refractivity contribution in [3.63, 3.8) is 0 Å². The maximum absolute atomic E-state index is 5.75. The largest absolute Gasteiger partial charge is 0.497 e. The Morgan fingerprint density at radius 3 is 2.48 bits per heavy atom. The predicted octanol–water partition coefficient (Wildman–Crippen LogP) is 4.51. The Kier molecular flexibility index (Phi) is 5.76. The lowest BCUT2D eigenvalue weighted by Crippen LogP contribution is -2.29. The van der Waals surface area contributed by atoms with Gasteiger partial charge in [-0.15, -0.1) is 0 Å². The van der Waals surface area contributed by atoms with Gasteiger partial charge in [-0.05, 0) is 54.4 Å². The van der Waals surface area contributed by atoms with E-state index < -0.39 is 0 Å². The fraction of sp³-hybridized carbons (Fsp3) is 0.333. The van der Waals surface area contributed by atoms with Crippen LogP contribution in [0.1, 0.15) is 29.3 Å². The van der Waals surface area contributed by atoms with Gasteiger partial charge in [-0.2, -0.15) is 0 Å². The number of ether oxygens (including phenoxy) is 3. The van der Waals surface area contributed by atoms with E-state index in [0.29, 0.717) is 0 Å². The van der Waals surface area contributed by atoms with Gasteiger partial charge in [0, 0.05) is 37.1 Å². The maximum atomic E-state index is 5.75. The zero-order chi connectivity index (χ0) is 20.2. The topological polar surface area (TPSA) is 35.9 Å². The fourth-order valence-electron chi connectivity index (χ4n) is 4.22. The normalized spacial score (nSPS) is 16.7. The number of aryl methyl sites for hydroxylation is 1. The molecular weight excluding hydrogens is 364 g/mol. The molecule has 0 aliphatic carbocycles. The van der Waals surface area contributed by atoms with E-state index in [1.165, 1.54) is 11.3 Å². The summed E-state index contributed by atoms with van der Waals surface area (Å²) in [6, 6.07) is 18.8. The smallest absolute Gasteiger partial charge is 0.124 e. The third kappa shape index (κ3) is 3.96. The summed E-state index contributed by atoms with van der Waals surface area (Å²) in [4.78, 5) is 2.52. The van der Waals surface area contributed by atoms with Gasteiger partial charge in [-0.1, -0.05) is 12.1 Å². The van der Waals surface area contributed by atoms with Crippen LogP contribution in [0.5, 0.6) is 17.2 Å². The Balaban J connectivity index is 1.79. The fourth-order valence-corrected chi connectivity index (χ4v) is 4.22. The second kappa shape index (κ2) is 8.62.